The molecule has 0 bridgehead atoms. The second-order valence-electron chi connectivity index (χ2n) is 4.33. The Morgan fingerprint density at radius 2 is 2.13 bits per heavy atom. The molecule has 1 nitrogen and oxygen atoms in total. The first kappa shape index (κ1) is 11.4. The summed E-state index contributed by atoms with van der Waals surface area (Å²) >= 11 is 7.90. The Morgan fingerprint density at radius 3 is 2.80 bits per heavy atom. The van der Waals surface area contributed by atoms with Crippen LogP contribution in [0.3, 0.4) is 0 Å². The summed E-state index contributed by atoms with van der Waals surface area (Å²) in [6.07, 6.45) is 5.00. The maximum Gasteiger partial charge on any atom is 0.0336 e. The highest BCUT2D eigenvalue weighted by Gasteiger charge is 2.18. The average molecular weight is 244 g/mol. The molecule has 2 rings (SSSR count). The van der Waals surface area contributed by atoms with Crippen molar-refractivity contribution in [2.75, 3.05) is 6.54 Å². The van der Waals surface area contributed by atoms with Crippen molar-refractivity contribution in [3.05, 3.63) is 22.4 Å². The largest absolute Gasteiger partial charge is 0.312 e. The van der Waals surface area contributed by atoms with Gasteiger partial charge in [-0.1, -0.05) is 6.07 Å². The molecular weight excluding hydrogens is 226 g/mol. The third-order valence-electron chi connectivity index (χ3n) is 3.09. The van der Waals surface area contributed by atoms with Crippen molar-refractivity contribution >= 4 is 22.9 Å². The van der Waals surface area contributed by atoms with Crippen molar-refractivity contribution in [3.8, 4) is 0 Å². The molecular formula is C12H18ClNS. The lowest BCUT2D eigenvalue weighted by Crippen LogP contribution is -2.26. The van der Waals surface area contributed by atoms with Gasteiger partial charge in [0.05, 0.1) is 0 Å². The number of hydrogen-bond donors (Lipinski definition) is 1. The first-order valence-electron chi connectivity index (χ1n) is 5.72. The Bertz CT molecular complexity index is 265. The lowest BCUT2D eigenvalue weighted by atomic mass is 9.89. The zero-order valence-corrected chi connectivity index (χ0v) is 10.5. The molecule has 1 fully saturated rings. The van der Waals surface area contributed by atoms with E-state index >= 15 is 0 Å². The number of halogens is 1. The van der Waals surface area contributed by atoms with Crippen molar-refractivity contribution in [2.24, 2.45) is 5.92 Å². The number of thiophene rings is 1. The van der Waals surface area contributed by atoms with Crippen LogP contribution in [-0.4, -0.2) is 11.9 Å². The molecule has 0 atom stereocenters. The van der Waals surface area contributed by atoms with E-state index < -0.39 is 0 Å². The SMILES string of the molecule is ClC1CCC(CNCc2cccs2)CC1. The summed E-state index contributed by atoms with van der Waals surface area (Å²) in [5.41, 5.74) is 0. The van der Waals surface area contributed by atoms with Gasteiger partial charge in [-0.3, -0.25) is 0 Å². The maximum absolute atomic E-state index is 6.08. The second-order valence-corrected chi connectivity index (χ2v) is 5.98. The molecule has 1 saturated carbocycles. The molecule has 0 radical (unpaired) electrons. The summed E-state index contributed by atoms with van der Waals surface area (Å²) in [7, 11) is 0. The Labute approximate surface area is 101 Å². The Hall–Kier alpha value is -0.0500. The van der Waals surface area contributed by atoms with Crippen LogP contribution in [0, 0.1) is 5.92 Å². The van der Waals surface area contributed by atoms with Crippen molar-refractivity contribution in [1.29, 1.82) is 0 Å². The van der Waals surface area contributed by atoms with E-state index in [0.29, 0.717) is 5.38 Å². The van der Waals surface area contributed by atoms with Crippen LogP contribution >= 0.6 is 22.9 Å². The van der Waals surface area contributed by atoms with Crippen molar-refractivity contribution in [2.45, 2.75) is 37.6 Å². The van der Waals surface area contributed by atoms with Gasteiger partial charge in [-0.15, -0.1) is 22.9 Å². The fourth-order valence-corrected chi connectivity index (χ4v) is 3.06. The molecule has 0 amide bonds. The molecule has 0 aromatic carbocycles. The molecule has 1 aromatic heterocycles. The normalized spacial score (nSPS) is 26.7. The van der Waals surface area contributed by atoms with E-state index in [-0.39, 0.29) is 0 Å². The average Bonchev–Trinajstić information content (AvgIpc) is 2.74. The van der Waals surface area contributed by atoms with E-state index in [9.17, 15) is 0 Å². The van der Waals surface area contributed by atoms with E-state index in [1.807, 2.05) is 11.3 Å². The zero-order valence-electron chi connectivity index (χ0n) is 8.92. The molecule has 1 heterocycles. The van der Waals surface area contributed by atoms with E-state index in [1.165, 1.54) is 30.6 Å². The fourth-order valence-electron chi connectivity index (χ4n) is 2.14. The van der Waals surface area contributed by atoms with Crippen LogP contribution in [0.25, 0.3) is 0 Å². The summed E-state index contributed by atoms with van der Waals surface area (Å²) in [6.45, 7) is 2.18. The van der Waals surface area contributed by atoms with Crippen LogP contribution in [0.5, 0.6) is 0 Å². The topological polar surface area (TPSA) is 12.0 Å². The summed E-state index contributed by atoms with van der Waals surface area (Å²) in [5.74, 6) is 0.847. The van der Waals surface area contributed by atoms with Crippen molar-refractivity contribution < 1.29 is 0 Å². The number of nitrogens with one attached hydrogen (secondary N) is 1. The minimum Gasteiger partial charge on any atom is -0.312 e. The van der Waals surface area contributed by atoms with Gasteiger partial charge in [0.2, 0.25) is 0 Å². The highest BCUT2D eigenvalue weighted by atomic mass is 35.5. The highest BCUT2D eigenvalue weighted by Crippen LogP contribution is 2.27. The van der Waals surface area contributed by atoms with Crippen LogP contribution in [0.1, 0.15) is 30.6 Å². The Balaban J connectivity index is 1.62. The van der Waals surface area contributed by atoms with Gasteiger partial charge in [0.25, 0.3) is 0 Å². The molecule has 1 aromatic rings. The first-order valence-corrected chi connectivity index (χ1v) is 7.03. The van der Waals surface area contributed by atoms with Gasteiger partial charge in [0.15, 0.2) is 0 Å². The molecule has 0 spiro atoms. The van der Waals surface area contributed by atoms with Gasteiger partial charge in [-0.25, -0.2) is 0 Å². The van der Waals surface area contributed by atoms with Gasteiger partial charge in [-0.05, 0) is 49.6 Å². The Morgan fingerprint density at radius 1 is 1.33 bits per heavy atom. The first-order chi connectivity index (χ1) is 7.34. The standard InChI is InChI=1S/C12H18ClNS/c13-11-5-3-10(4-6-11)8-14-9-12-2-1-7-15-12/h1-2,7,10-11,14H,3-6,8-9H2. The number of rotatable bonds is 4. The van der Waals surface area contributed by atoms with Gasteiger partial charge in [0.1, 0.15) is 0 Å². The summed E-state index contributed by atoms with van der Waals surface area (Å²) in [4.78, 5) is 1.43. The molecule has 15 heavy (non-hydrogen) atoms. The van der Waals surface area contributed by atoms with Crippen LogP contribution in [0.4, 0.5) is 0 Å². The van der Waals surface area contributed by atoms with Gasteiger partial charge < -0.3 is 5.32 Å². The monoisotopic (exact) mass is 243 g/mol. The molecule has 1 aliphatic rings. The van der Waals surface area contributed by atoms with Gasteiger partial charge in [-0.2, -0.15) is 0 Å². The molecule has 0 aliphatic heterocycles. The molecule has 0 unspecified atom stereocenters. The molecule has 1 N–H and O–H groups in total. The minimum atomic E-state index is 0.443. The summed E-state index contributed by atoms with van der Waals surface area (Å²) in [6, 6.07) is 4.30. The van der Waals surface area contributed by atoms with Crippen molar-refractivity contribution in [1.82, 2.24) is 5.32 Å². The fraction of sp³-hybridized carbons (Fsp3) is 0.667. The van der Waals surface area contributed by atoms with Crippen molar-refractivity contribution in [3.63, 3.8) is 0 Å². The molecule has 84 valence electrons. The maximum atomic E-state index is 6.08. The van der Waals surface area contributed by atoms with E-state index in [2.05, 4.69) is 22.8 Å². The lowest BCUT2D eigenvalue weighted by molar-refractivity contribution is 0.346. The third-order valence-corrected chi connectivity index (χ3v) is 4.40. The van der Waals surface area contributed by atoms with Crippen LogP contribution in [-0.2, 0) is 6.54 Å². The van der Waals surface area contributed by atoms with E-state index in [1.54, 1.807) is 0 Å². The lowest BCUT2D eigenvalue weighted by Gasteiger charge is -2.25. The predicted octanol–water partition coefficient (Wildman–Crippen LogP) is 3.64. The highest BCUT2D eigenvalue weighted by molar-refractivity contribution is 7.09. The predicted molar refractivity (Wildman–Crippen MR) is 67.6 cm³/mol. The quantitative estimate of drug-likeness (QED) is 0.797. The van der Waals surface area contributed by atoms with Crippen LogP contribution in [0.2, 0.25) is 0 Å². The minimum absolute atomic E-state index is 0.443. The van der Waals surface area contributed by atoms with E-state index in [0.717, 1.165) is 19.0 Å². The number of alkyl halides is 1. The van der Waals surface area contributed by atoms with Gasteiger partial charge >= 0.3 is 0 Å². The smallest absolute Gasteiger partial charge is 0.0336 e. The second kappa shape index (κ2) is 5.88. The number of hydrogen-bond acceptors (Lipinski definition) is 2. The van der Waals surface area contributed by atoms with Crippen LogP contribution < -0.4 is 5.32 Å². The van der Waals surface area contributed by atoms with Crippen LogP contribution in [0.15, 0.2) is 17.5 Å². The Kier molecular flexibility index (Phi) is 4.48. The zero-order chi connectivity index (χ0) is 10.5. The van der Waals surface area contributed by atoms with Gasteiger partial charge in [0, 0.05) is 16.8 Å². The third kappa shape index (κ3) is 3.78. The van der Waals surface area contributed by atoms with E-state index in [4.69, 9.17) is 11.6 Å². The molecule has 1 aliphatic carbocycles. The molecule has 3 heteroatoms. The summed E-state index contributed by atoms with van der Waals surface area (Å²) < 4.78 is 0. The summed E-state index contributed by atoms with van der Waals surface area (Å²) in [5, 5.41) is 6.12. The molecule has 0 saturated heterocycles.